The molecule has 1 aromatic heterocycles. The van der Waals surface area contributed by atoms with Gasteiger partial charge in [0.1, 0.15) is 5.82 Å². The third-order valence-electron chi connectivity index (χ3n) is 3.56. The number of hydrogen-bond acceptors (Lipinski definition) is 5. The van der Waals surface area contributed by atoms with Crippen molar-refractivity contribution in [3.8, 4) is 5.88 Å². The molecule has 0 unspecified atom stereocenters. The predicted octanol–water partition coefficient (Wildman–Crippen LogP) is 1.82. The van der Waals surface area contributed by atoms with E-state index in [1.54, 1.807) is 0 Å². The summed E-state index contributed by atoms with van der Waals surface area (Å²) in [5.74, 6) is 1.19. The number of rotatable bonds is 3. The largest absolute Gasteiger partial charge is 0.478 e. The molecule has 0 radical (unpaired) electrons. The summed E-state index contributed by atoms with van der Waals surface area (Å²) in [5, 5.41) is 0. The molecule has 2 fully saturated rings. The highest BCUT2D eigenvalue weighted by Crippen LogP contribution is 2.32. The molecule has 3 rings (SSSR count). The lowest BCUT2D eigenvalue weighted by Crippen LogP contribution is -2.49. The fourth-order valence-electron chi connectivity index (χ4n) is 2.72. The number of piperidine rings is 1. The van der Waals surface area contributed by atoms with Gasteiger partial charge < -0.3 is 19.1 Å². The SMILES string of the molecule is CCOc1cccc(N2CCCC3(C2)OCCO3)n1. The number of pyridine rings is 1. The quantitative estimate of drug-likeness (QED) is 0.833. The van der Waals surface area contributed by atoms with Gasteiger partial charge in [-0.2, -0.15) is 4.98 Å². The molecule has 19 heavy (non-hydrogen) atoms. The van der Waals surface area contributed by atoms with Gasteiger partial charge in [-0.1, -0.05) is 6.07 Å². The van der Waals surface area contributed by atoms with Crippen molar-refractivity contribution in [1.29, 1.82) is 0 Å². The number of hydrogen-bond donors (Lipinski definition) is 0. The molecule has 0 saturated carbocycles. The highest BCUT2D eigenvalue weighted by Gasteiger charge is 2.41. The van der Waals surface area contributed by atoms with Gasteiger partial charge in [0.15, 0.2) is 5.79 Å². The van der Waals surface area contributed by atoms with Crippen molar-refractivity contribution >= 4 is 5.82 Å². The molecular formula is C14H20N2O3. The molecule has 5 nitrogen and oxygen atoms in total. The van der Waals surface area contributed by atoms with E-state index in [0.717, 1.165) is 31.7 Å². The Morgan fingerprint density at radius 1 is 1.37 bits per heavy atom. The zero-order valence-corrected chi connectivity index (χ0v) is 11.3. The van der Waals surface area contributed by atoms with Crippen LogP contribution in [-0.4, -0.2) is 43.7 Å². The van der Waals surface area contributed by atoms with Crippen molar-refractivity contribution in [2.45, 2.75) is 25.6 Å². The monoisotopic (exact) mass is 264 g/mol. The molecular weight excluding hydrogens is 244 g/mol. The minimum Gasteiger partial charge on any atom is -0.478 e. The summed E-state index contributed by atoms with van der Waals surface area (Å²) in [7, 11) is 0. The van der Waals surface area contributed by atoms with Crippen LogP contribution in [0.15, 0.2) is 18.2 Å². The van der Waals surface area contributed by atoms with Gasteiger partial charge in [0.2, 0.25) is 5.88 Å². The average Bonchev–Trinajstić information content (AvgIpc) is 2.87. The number of nitrogens with zero attached hydrogens (tertiary/aromatic N) is 2. The van der Waals surface area contributed by atoms with Crippen LogP contribution in [0, 0.1) is 0 Å². The van der Waals surface area contributed by atoms with Gasteiger partial charge in [-0.15, -0.1) is 0 Å². The third kappa shape index (κ3) is 2.67. The number of ether oxygens (including phenoxy) is 3. The first-order valence-corrected chi connectivity index (χ1v) is 6.94. The highest BCUT2D eigenvalue weighted by atomic mass is 16.7. The third-order valence-corrected chi connectivity index (χ3v) is 3.56. The molecule has 0 amide bonds. The Labute approximate surface area is 113 Å². The smallest absolute Gasteiger partial charge is 0.215 e. The zero-order valence-electron chi connectivity index (χ0n) is 11.3. The van der Waals surface area contributed by atoms with Gasteiger partial charge in [0, 0.05) is 19.0 Å². The van der Waals surface area contributed by atoms with Crippen LogP contribution in [0.3, 0.4) is 0 Å². The van der Waals surface area contributed by atoms with E-state index in [-0.39, 0.29) is 0 Å². The molecule has 2 aliphatic heterocycles. The summed E-state index contributed by atoms with van der Waals surface area (Å²) >= 11 is 0. The van der Waals surface area contributed by atoms with Gasteiger partial charge in [0.25, 0.3) is 0 Å². The number of anilines is 1. The average molecular weight is 264 g/mol. The predicted molar refractivity (Wildman–Crippen MR) is 71.5 cm³/mol. The van der Waals surface area contributed by atoms with Gasteiger partial charge in [-0.05, 0) is 19.4 Å². The fourth-order valence-corrected chi connectivity index (χ4v) is 2.72. The second-order valence-electron chi connectivity index (χ2n) is 4.90. The molecule has 0 bridgehead atoms. The summed E-state index contributed by atoms with van der Waals surface area (Å²) in [5.41, 5.74) is 0. The minimum absolute atomic E-state index is 0.415. The van der Waals surface area contributed by atoms with E-state index < -0.39 is 5.79 Å². The van der Waals surface area contributed by atoms with E-state index >= 15 is 0 Å². The second-order valence-corrected chi connectivity index (χ2v) is 4.90. The Hall–Kier alpha value is -1.33. The first-order valence-electron chi connectivity index (χ1n) is 6.94. The molecule has 0 aromatic carbocycles. The normalized spacial score (nSPS) is 21.8. The summed E-state index contributed by atoms with van der Waals surface area (Å²) in [4.78, 5) is 6.75. The Kier molecular flexibility index (Phi) is 3.57. The highest BCUT2D eigenvalue weighted by molar-refractivity contribution is 5.41. The topological polar surface area (TPSA) is 43.8 Å². The second kappa shape index (κ2) is 5.35. The summed E-state index contributed by atoms with van der Waals surface area (Å²) < 4.78 is 17.0. The van der Waals surface area contributed by atoms with Gasteiger partial charge >= 0.3 is 0 Å². The molecule has 104 valence electrons. The maximum atomic E-state index is 5.79. The number of aromatic nitrogens is 1. The lowest BCUT2D eigenvalue weighted by Gasteiger charge is -2.39. The zero-order chi connectivity index (χ0) is 13.1. The summed E-state index contributed by atoms with van der Waals surface area (Å²) in [6.07, 6.45) is 2.02. The van der Waals surface area contributed by atoms with Crippen molar-refractivity contribution in [1.82, 2.24) is 4.98 Å². The minimum atomic E-state index is -0.415. The van der Waals surface area contributed by atoms with Crippen LogP contribution >= 0.6 is 0 Å². The van der Waals surface area contributed by atoms with E-state index in [0.29, 0.717) is 25.7 Å². The lowest BCUT2D eigenvalue weighted by atomic mass is 10.0. The summed E-state index contributed by atoms with van der Waals surface area (Å²) in [6, 6.07) is 5.87. The standard InChI is InChI=1S/C14H20N2O3/c1-2-17-13-6-3-5-12(15-13)16-8-4-7-14(11-16)18-9-10-19-14/h3,5-6H,2,4,7-11H2,1H3. The lowest BCUT2D eigenvalue weighted by molar-refractivity contribution is -0.161. The van der Waals surface area contributed by atoms with Crippen LogP contribution in [0.25, 0.3) is 0 Å². The van der Waals surface area contributed by atoms with Crippen molar-refractivity contribution < 1.29 is 14.2 Å². The molecule has 2 saturated heterocycles. The summed E-state index contributed by atoms with van der Waals surface area (Å²) in [6.45, 7) is 5.71. The Morgan fingerprint density at radius 3 is 3.00 bits per heavy atom. The molecule has 0 atom stereocenters. The van der Waals surface area contributed by atoms with Crippen LogP contribution in [0.1, 0.15) is 19.8 Å². The van der Waals surface area contributed by atoms with Crippen LogP contribution < -0.4 is 9.64 Å². The van der Waals surface area contributed by atoms with Gasteiger partial charge in [-0.3, -0.25) is 0 Å². The Balaban J connectivity index is 1.75. The molecule has 1 spiro atoms. The maximum Gasteiger partial charge on any atom is 0.215 e. The van der Waals surface area contributed by atoms with E-state index in [4.69, 9.17) is 14.2 Å². The van der Waals surface area contributed by atoms with Crippen LogP contribution in [0.4, 0.5) is 5.82 Å². The van der Waals surface area contributed by atoms with Crippen molar-refractivity contribution in [3.63, 3.8) is 0 Å². The molecule has 0 N–H and O–H groups in total. The van der Waals surface area contributed by atoms with Gasteiger partial charge in [-0.25, -0.2) is 0 Å². The Bertz CT molecular complexity index is 432. The van der Waals surface area contributed by atoms with Crippen LogP contribution in [-0.2, 0) is 9.47 Å². The van der Waals surface area contributed by atoms with E-state index in [9.17, 15) is 0 Å². The molecule has 1 aromatic rings. The van der Waals surface area contributed by atoms with Gasteiger partial charge in [0.05, 0.1) is 26.4 Å². The molecule has 3 heterocycles. The van der Waals surface area contributed by atoms with E-state index in [2.05, 4.69) is 9.88 Å². The molecule has 0 aliphatic carbocycles. The maximum absolute atomic E-state index is 5.79. The van der Waals surface area contributed by atoms with Crippen molar-refractivity contribution in [3.05, 3.63) is 18.2 Å². The molecule has 5 heteroatoms. The molecule has 2 aliphatic rings. The first kappa shape index (κ1) is 12.7. The fraction of sp³-hybridized carbons (Fsp3) is 0.643. The van der Waals surface area contributed by atoms with Crippen LogP contribution in [0.2, 0.25) is 0 Å². The van der Waals surface area contributed by atoms with Crippen molar-refractivity contribution in [2.24, 2.45) is 0 Å². The first-order chi connectivity index (χ1) is 9.31. The Morgan fingerprint density at radius 2 is 2.21 bits per heavy atom. The van der Waals surface area contributed by atoms with E-state index in [1.165, 1.54) is 0 Å². The van der Waals surface area contributed by atoms with Crippen molar-refractivity contribution in [2.75, 3.05) is 37.8 Å². The van der Waals surface area contributed by atoms with E-state index in [1.807, 2.05) is 25.1 Å². The van der Waals surface area contributed by atoms with Crippen LogP contribution in [0.5, 0.6) is 5.88 Å².